The number of aryl methyl sites for hydroxylation is 1. The van der Waals surface area contributed by atoms with Crippen molar-refractivity contribution in [3.8, 4) is 17.4 Å². The number of thiophene rings is 1. The van der Waals surface area contributed by atoms with Crippen LogP contribution in [0.25, 0.3) is 21.7 Å². The van der Waals surface area contributed by atoms with E-state index in [4.69, 9.17) is 20.6 Å². The maximum absolute atomic E-state index is 14.0. The number of hydrogen-bond acceptors (Lipinski definition) is 9. The number of nitrogens with zero attached hydrogens (tertiary/aromatic N) is 5. The summed E-state index contributed by atoms with van der Waals surface area (Å²) in [5.74, 6) is -0.783. The third kappa shape index (κ3) is 7.98. The molecule has 1 saturated heterocycles. The summed E-state index contributed by atoms with van der Waals surface area (Å²) in [4.78, 5) is 61.3. The van der Waals surface area contributed by atoms with E-state index in [9.17, 15) is 19.2 Å². The van der Waals surface area contributed by atoms with Crippen LogP contribution in [0.15, 0.2) is 35.9 Å². The SMILES string of the molecule is Cn1nccc1-c1nc(OC2C[C@@H](C(N)=O)N(C(=O)C(CCCCC/C=C\[C@@H]3C[C@@H]3C(=O)O)NC(=O)CC3CC3)C2)c2sccc2n1. The van der Waals surface area contributed by atoms with Gasteiger partial charge in [0.1, 0.15) is 28.6 Å². The van der Waals surface area contributed by atoms with Crippen molar-refractivity contribution in [1.82, 2.24) is 30.0 Å². The minimum absolute atomic E-state index is 0.128. The van der Waals surface area contributed by atoms with Crippen LogP contribution in [0.3, 0.4) is 0 Å². The highest BCUT2D eigenvalue weighted by Gasteiger charge is 2.43. The second kappa shape index (κ2) is 14.2. The van der Waals surface area contributed by atoms with Crippen molar-refractivity contribution in [2.75, 3.05) is 6.54 Å². The number of amides is 3. The Hall–Kier alpha value is -4.33. The molecule has 250 valence electrons. The number of aliphatic carboxylic acids is 1. The number of aromatic nitrogens is 4. The van der Waals surface area contributed by atoms with Crippen molar-refractivity contribution in [2.45, 2.75) is 82.4 Å². The number of ether oxygens (including phenoxy) is 1. The van der Waals surface area contributed by atoms with Crippen molar-refractivity contribution < 1.29 is 29.0 Å². The molecule has 0 aromatic carbocycles. The zero-order valence-corrected chi connectivity index (χ0v) is 27.2. The van der Waals surface area contributed by atoms with Gasteiger partial charge >= 0.3 is 5.97 Å². The summed E-state index contributed by atoms with van der Waals surface area (Å²) in [7, 11) is 1.80. The molecule has 3 aliphatic rings. The van der Waals surface area contributed by atoms with Crippen LogP contribution in [0.5, 0.6) is 5.88 Å². The van der Waals surface area contributed by atoms with Gasteiger partial charge in [0.2, 0.25) is 23.6 Å². The van der Waals surface area contributed by atoms with E-state index < -0.39 is 30.1 Å². The molecule has 4 heterocycles. The number of nitrogens with two attached hydrogens (primary N) is 1. The lowest BCUT2D eigenvalue weighted by Crippen LogP contribution is -2.53. The zero-order chi connectivity index (χ0) is 33.1. The first-order valence-corrected chi connectivity index (χ1v) is 17.2. The quantitative estimate of drug-likeness (QED) is 0.153. The van der Waals surface area contributed by atoms with E-state index in [0.29, 0.717) is 43.3 Å². The van der Waals surface area contributed by atoms with E-state index in [1.165, 1.54) is 16.2 Å². The molecule has 2 unspecified atom stereocenters. The van der Waals surface area contributed by atoms with Gasteiger partial charge in [-0.1, -0.05) is 25.0 Å². The summed E-state index contributed by atoms with van der Waals surface area (Å²) in [5, 5.41) is 18.1. The van der Waals surface area contributed by atoms with Gasteiger partial charge in [-0.15, -0.1) is 11.3 Å². The summed E-state index contributed by atoms with van der Waals surface area (Å²) >= 11 is 1.44. The molecule has 4 N–H and O–H groups in total. The van der Waals surface area contributed by atoms with Gasteiger partial charge in [-0.25, -0.2) is 4.98 Å². The van der Waals surface area contributed by atoms with E-state index in [-0.39, 0.29) is 36.6 Å². The highest BCUT2D eigenvalue weighted by Crippen LogP contribution is 2.40. The summed E-state index contributed by atoms with van der Waals surface area (Å²) in [6, 6.07) is 2.04. The van der Waals surface area contributed by atoms with Crippen LogP contribution < -0.4 is 15.8 Å². The van der Waals surface area contributed by atoms with Gasteiger partial charge in [0.15, 0.2) is 5.82 Å². The number of hydrogen-bond donors (Lipinski definition) is 3. The molecule has 47 heavy (non-hydrogen) atoms. The predicted molar refractivity (Wildman–Crippen MR) is 174 cm³/mol. The Morgan fingerprint density at radius 2 is 2.00 bits per heavy atom. The largest absolute Gasteiger partial charge is 0.481 e. The number of fused-ring (bicyclic) bond motifs is 1. The van der Waals surface area contributed by atoms with Gasteiger partial charge in [0.25, 0.3) is 0 Å². The molecule has 3 aromatic heterocycles. The zero-order valence-electron chi connectivity index (χ0n) is 26.4. The van der Waals surface area contributed by atoms with Crippen molar-refractivity contribution in [3.05, 3.63) is 35.9 Å². The Balaban J connectivity index is 1.11. The number of likely N-dealkylation sites (tertiary alicyclic amines) is 1. The van der Waals surface area contributed by atoms with Gasteiger partial charge in [-0.2, -0.15) is 10.1 Å². The standard InChI is InChI=1S/C33H41N7O6S/c1-39-25(11-13-35-39)30-37-23-12-14-47-28(23)31(38-30)46-21-17-26(29(34)42)40(18-21)32(43)24(36-27(41)15-19-9-10-19)8-6-4-2-3-5-7-20-16-22(20)33(44)45/h5,7,11-14,19-22,24,26H,2-4,6,8-10,15-18H2,1H3,(H2,34,42)(H,36,41)(H,44,45)/b7-5-/t20-,21?,22+,24?,26+/m1/s1. The molecular formula is C33H41N7O6S. The molecule has 6 rings (SSSR count). The fraction of sp³-hybridized carbons (Fsp3) is 0.545. The Morgan fingerprint density at radius 3 is 2.70 bits per heavy atom. The Bertz CT molecular complexity index is 1670. The molecule has 3 fully saturated rings. The molecule has 0 spiro atoms. The molecule has 3 aromatic rings. The number of carboxylic acids is 1. The highest BCUT2D eigenvalue weighted by atomic mass is 32.1. The number of carbonyl (C=O) groups is 4. The lowest BCUT2D eigenvalue weighted by atomic mass is 10.0. The van der Waals surface area contributed by atoms with Crippen molar-refractivity contribution >= 4 is 45.2 Å². The topological polar surface area (TPSA) is 183 Å². The van der Waals surface area contributed by atoms with Gasteiger partial charge < -0.3 is 25.8 Å². The van der Waals surface area contributed by atoms with E-state index in [1.54, 1.807) is 17.9 Å². The first kappa shape index (κ1) is 32.6. The monoisotopic (exact) mass is 663 g/mol. The predicted octanol–water partition coefficient (Wildman–Crippen LogP) is 3.44. The number of carboxylic acid groups (broad SMARTS) is 1. The second-order valence-electron chi connectivity index (χ2n) is 12.9. The summed E-state index contributed by atoms with van der Waals surface area (Å²) in [6.45, 7) is 0.128. The lowest BCUT2D eigenvalue weighted by Gasteiger charge is -2.27. The molecule has 14 heteroatoms. The second-order valence-corrected chi connectivity index (χ2v) is 13.8. The highest BCUT2D eigenvalue weighted by molar-refractivity contribution is 7.17. The van der Waals surface area contributed by atoms with Gasteiger partial charge in [-0.3, -0.25) is 23.9 Å². The van der Waals surface area contributed by atoms with Gasteiger partial charge in [-0.05, 0) is 67.9 Å². The number of allylic oxidation sites excluding steroid dienone is 2. The first-order chi connectivity index (χ1) is 22.7. The van der Waals surface area contributed by atoms with Crippen molar-refractivity contribution in [2.24, 2.45) is 30.5 Å². The molecule has 1 aliphatic heterocycles. The molecule has 2 saturated carbocycles. The van der Waals surface area contributed by atoms with Crippen LogP contribution in [-0.4, -0.2) is 78.2 Å². The first-order valence-electron chi connectivity index (χ1n) is 16.4. The normalized spacial score (nSPS) is 22.9. The maximum Gasteiger partial charge on any atom is 0.307 e. The molecular weight excluding hydrogens is 622 g/mol. The van der Waals surface area contributed by atoms with E-state index in [2.05, 4.69) is 15.4 Å². The molecule has 3 amide bonds. The Morgan fingerprint density at radius 1 is 1.17 bits per heavy atom. The van der Waals surface area contributed by atoms with Gasteiger partial charge in [0, 0.05) is 26.1 Å². The molecule has 0 radical (unpaired) electrons. The molecule has 5 atom stereocenters. The fourth-order valence-corrected chi connectivity index (χ4v) is 7.01. The van der Waals surface area contributed by atoms with Crippen molar-refractivity contribution in [1.29, 1.82) is 0 Å². The van der Waals surface area contributed by atoms with Crippen LogP contribution in [-0.2, 0) is 26.2 Å². The van der Waals surface area contributed by atoms with E-state index in [0.717, 1.165) is 48.0 Å². The molecule has 0 bridgehead atoms. The van der Waals surface area contributed by atoms with E-state index >= 15 is 0 Å². The molecule has 13 nitrogen and oxygen atoms in total. The number of rotatable bonds is 16. The summed E-state index contributed by atoms with van der Waals surface area (Å²) in [5.41, 5.74) is 7.25. The smallest absolute Gasteiger partial charge is 0.307 e. The van der Waals surface area contributed by atoms with Crippen LogP contribution in [0, 0.1) is 17.8 Å². The third-order valence-electron chi connectivity index (χ3n) is 9.18. The lowest BCUT2D eigenvalue weighted by molar-refractivity contribution is -0.141. The number of carbonyl (C=O) groups excluding carboxylic acids is 3. The van der Waals surface area contributed by atoms with Crippen LogP contribution in [0.2, 0.25) is 0 Å². The number of nitrogens with one attached hydrogen (secondary N) is 1. The van der Waals surface area contributed by atoms with Crippen molar-refractivity contribution in [3.63, 3.8) is 0 Å². The Labute approximate surface area is 276 Å². The van der Waals surface area contributed by atoms with E-state index in [1.807, 2.05) is 29.7 Å². The third-order valence-corrected chi connectivity index (χ3v) is 10.1. The van der Waals surface area contributed by atoms with Crippen LogP contribution in [0.1, 0.15) is 64.2 Å². The van der Waals surface area contributed by atoms with Crippen LogP contribution in [0.4, 0.5) is 0 Å². The summed E-state index contributed by atoms with van der Waals surface area (Å²) in [6.07, 6.45) is 12.2. The maximum atomic E-state index is 14.0. The molecule has 2 aliphatic carbocycles. The summed E-state index contributed by atoms with van der Waals surface area (Å²) < 4.78 is 8.82. The number of primary amides is 1. The average molecular weight is 664 g/mol. The number of unbranched alkanes of at least 4 members (excludes halogenated alkanes) is 3. The minimum Gasteiger partial charge on any atom is -0.481 e. The average Bonchev–Trinajstić information content (AvgIpc) is 3.84. The minimum atomic E-state index is -0.880. The Kier molecular flexibility index (Phi) is 9.85. The van der Waals surface area contributed by atoms with Gasteiger partial charge in [0.05, 0.1) is 18.0 Å². The fourth-order valence-electron chi connectivity index (χ4n) is 6.24. The van der Waals surface area contributed by atoms with Crippen LogP contribution >= 0.6 is 11.3 Å².